The molecule has 1 aliphatic carbocycles. The molecule has 1 saturated carbocycles. The molecule has 0 aromatic heterocycles. The summed E-state index contributed by atoms with van der Waals surface area (Å²) in [5, 5.41) is 3.70. The third-order valence-corrected chi connectivity index (χ3v) is 25.3. The normalized spacial score (nSPS) is 18.3. The van der Waals surface area contributed by atoms with Gasteiger partial charge in [0.2, 0.25) is 0 Å². The number of carbonyl (C=O) groups excluding carboxylic acids is 2. The highest BCUT2D eigenvalue weighted by molar-refractivity contribution is 7.00. The summed E-state index contributed by atoms with van der Waals surface area (Å²) < 4.78 is 29.0. The molecule has 6 atom stereocenters. The van der Waals surface area contributed by atoms with E-state index in [0.29, 0.717) is 18.9 Å². The van der Waals surface area contributed by atoms with E-state index in [0.717, 1.165) is 51.9 Å². The van der Waals surface area contributed by atoms with Crippen LogP contribution in [0, 0.1) is 11.8 Å². The van der Waals surface area contributed by atoms with Gasteiger partial charge in [-0.1, -0.05) is 251 Å². The molecule has 0 unspecified atom stereocenters. The Kier molecular flexibility index (Phi) is 18.1. The maximum absolute atomic E-state index is 14.5. The second-order valence-electron chi connectivity index (χ2n) is 22.6. The standard InChI is InChI=1S/C64H78O6Si2/c1-49-40-42-59(64(8,9)51-30-18-11-19-31-51)60(44-49)68-61(66)43-41-52(69-71(62(2,3)4,55-32-20-12-21-33-55)56-34-22-13-23-35-56)45-53(67-48-50-28-16-10-17-29-50)46-54(47-65)70-72(63(5,6)7,57-36-24-14-25-37-57)58-38-26-15-27-39-58/h10-39,41,43,47,49,52-54,59-60H,40,42,44-46,48H2,1-9H3/b43-41+/t49-,52+,53-,54+,59-,60-/m1/s1. The number of hydrogen-bond acceptors (Lipinski definition) is 6. The molecule has 0 amide bonds. The summed E-state index contributed by atoms with van der Waals surface area (Å²) in [6.07, 6.45) is 5.63. The van der Waals surface area contributed by atoms with Crippen LogP contribution in [0.1, 0.15) is 106 Å². The first-order valence-corrected chi connectivity index (χ1v) is 29.9. The van der Waals surface area contributed by atoms with Gasteiger partial charge in [-0.2, -0.15) is 0 Å². The van der Waals surface area contributed by atoms with Crippen LogP contribution in [0.4, 0.5) is 0 Å². The Morgan fingerprint density at radius 1 is 0.569 bits per heavy atom. The highest BCUT2D eigenvalue weighted by Crippen LogP contribution is 2.44. The van der Waals surface area contributed by atoms with E-state index < -0.39 is 34.9 Å². The fourth-order valence-electron chi connectivity index (χ4n) is 11.4. The van der Waals surface area contributed by atoms with E-state index >= 15 is 0 Å². The molecular weight excluding hydrogens is 921 g/mol. The van der Waals surface area contributed by atoms with Gasteiger partial charge in [0.15, 0.2) is 0 Å². The van der Waals surface area contributed by atoms with E-state index in [1.165, 1.54) is 5.56 Å². The van der Waals surface area contributed by atoms with Crippen LogP contribution in [0.2, 0.25) is 10.1 Å². The third-order valence-electron chi connectivity index (χ3n) is 15.2. The van der Waals surface area contributed by atoms with E-state index in [2.05, 4.69) is 202 Å². The van der Waals surface area contributed by atoms with Crippen LogP contribution in [-0.4, -0.2) is 53.3 Å². The Labute approximate surface area is 433 Å². The van der Waals surface area contributed by atoms with Crippen LogP contribution in [0.3, 0.4) is 0 Å². The van der Waals surface area contributed by atoms with Crippen molar-refractivity contribution in [2.45, 2.75) is 141 Å². The fourth-order valence-corrected chi connectivity index (χ4v) is 20.7. The summed E-state index contributed by atoms with van der Waals surface area (Å²) >= 11 is 0. The Bertz CT molecular complexity index is 2530. The summed E-state index contributed by atoms with van der Waals surface area (Å²) in [5.74, 6) is 0.186. The summed E-state index contributed by atoms with van der Waals surface area (Å²) in [6.45, 7) is 20.6. The maximum Gasteiger partial charge on any atom is 0.330 e. The Balaban J connectivity index is 1.31. The lowest BCUT2D eigenvalue weighted by Gasteiger charge is -2.46. The zero-order valence-electron chi connectivity index (χ0n) is 44.2. The van der Waals surface area contributed by atoms with Crippen molar-refractivity contribution in [1.29, 1.82) is 0 Å². The Morgan fingerprint density at radius 2 is 0.972 bits per heavy atom. The highest BCUT2D eigenvalue weighted by atomic mass is 28.4. The van der Waals surface area contributed by atoms with Crippen LogP contribution in [-0.2, 0) is 39.9 Å². The van der Waals surface area contributed by atoms with Crippen molar-refractivity contribution in [1.82, 2.24) is 0 Å². The first-order valence-electron chi connectivity index (χ1n) is 26.1. The molecule has 1 fully saturated rings. The SMILES string of the molecule is C[C@@H]1CC[C@@H](C(C)(C)c2ccccc2)[C@H](OC(=O)/C=C/[C@@H](C[C@H](C[C@@H](C=O)O[Si](c2ccccc2)(c2ccccc2)C(C)(C)C)OCc2ccccc2)O[Si](c2ccccc2)(c2ccccc2)C(C)(C)C)C1. The lowest BCUT2D eigenvalue weighted by molar-refractivity contribution is -0.150. The average molecular weight is 999 g/mol. The maximum atomic E-state index is 14.5. The van der Waals surface area contributed by atoms with Crippen molar-refractivity contribution in [3.63, 3.8) is 0 Å². The Hall–Kier alpha value is -5.49. The second-order valence-corrected chi connectivity index (χ2v) is 31.1. The molecule has 72 heavy (non-hydrogen) atoms. The van der Waals surface area contributed by atoms with Gasteiger partial charge in [0.25, 0.3) is 16.6 Å². The average Bonchev–Trinajstić information content (AvgIpc) is 3.38. The van der Waals surface area contributed by atoms with Gasteiger partial charge in [0, 0.05) is 24.8 Å². The zero-order valence-corrected chi connectivity index (χ0v) is 46.2. The minimum Gasteiger partial charge on any atom is -0.459 e. The van der Waals surface area contributed by atoms with Crippen molar-refractivity contribution in [2.75, 3.05) is 0 Å². The van der Waals surface area contributed by atoms with Crippen LogP contribution in [0.25, 0.3) is 0 Å². The topological polar surface area (TPSA) is 71.1 Å². The van der Waals surface area contributed by atoms with Crippen LogP contribution < -0.4 is 20.7 Å². The molecule has 0 heterocycles. The molecule has 0 spiro atoms. The molecule has 378 valence electrons. The molecule has 8 heteroatoms. The van der Waals surface area contributed by atoms with E-state index in [9.17, 15) is 9.59 Å². The summed E-state index contributed by atoms with van der Waals surface area (Å²) in [7, 11) is -6.38. The molecule has 7 rings (SSSR count). The third kappa shape index (κ3) is 12.6. The van der Waals surface area contributed by atoms with E-state index in [1.54, 1.807) is 6.08 Å². The lowest BCUT2D eigenvalue weighted by Crippen LogP contribution is -2.68. The summed E-state index contributed by atoms with van der Waals surface area (Å²) in [6, 6.07) is 62.7. The summed E-state index contributed by atoms with van der Waals surface area (Å²) in [4.78, 5) is 28.3. The molecule has 0 N–H and O–H groups in total. The number of benzene rings is 6. The van der Waals surface area contributed by atoms with Gasteiger partial charge >= 0.3 is 5.97 Å². The van der Waals surface area contributed by atoms with E-state index in [4.69, 9.17) is 18.3 Å². The van der Waals surface area contributed by atoms with Crippen molar-refractivity contribution in [3.8, 4) is 0 Å². The predicted octanol–water partition coefficient (Wildman–Crippen LogP) is 12.3. The van der Waals surface area contributed by atoms with Gasteiger partial charge in [-0.05, 0) is 72.2 Å². The lowest BCUT2D eigenvalue weighted by atomic mass is 9.64. The molecule has 1 aliphatic rings. The molecule has 0 aliphatic heterocycles. The van der Waals surface area contributed by atoms with Gasteiger partial charge in [-0.3, -0.25) is 0 Å². The number of aldehydes is 1. The number of rotatable bonds is 21. The number of hydrogen-bond donors (Lipinski definition) is 0. The Morgan fingerprint density at radius 3 is 1.40 bits per heavy atom. The largest absolute Gasteiger partial charge is 0.459 e. The van der Waals surface area contributed by atoms with Crippen LogP contribution >= 0.6 is 0 Å². The second kappa shape index (κ2) is 24.0. The predicted molar refractivity (Wildman–Crippen MR) is 300 cm³/mol. The number of ether oxygens (including phenoxy) is 2. The van der Waals surface area contributed by atoms with Crippen molar-refractivity contribution in [2.24, 2.45) is 11.8 Å². The molecule has 0 saturated heterocycles. The van der Waals surface area contributed by atoms with E-state index in [-0.39, 0.29) is 39.9 Å². The molecule has 0 radical (unpaired) electrons. The first kappa shape index (κ1) is 54.3. The minimum absolute atomic E-state index is 0.143. The molecule has 0 bridgehead atoms. The molecule has 6 aromatic carbocycles. The fraction of sp³-hybridized carbons (Fsp3) is 0.375. The van der Waals surface area contributed by atoms with Gasteiger partial charge in [0.1, 0.15) is 18.5 Å². The highest BCUT2D eigenvalue weighted by Gasteiger charge is 2.53. The van der Waals surface area contributed by atoms with Crippen molar-refractivity contribution < 1.29 is 27.9 Å². The van der Waals surface area contributed by atoms with Gasteiger partial charge in [-0.25, -0.2) is 4.79 Å². The number of carbonyl (C=O) groups is 2. The van der Waals surface area contributed by atoms with Gasteiger partial charge in [-0.15, -0.1) is 0 Å². The van der Waals surface area contributed by atoms with E-state index in [1.807, 2.05) is 48.5 Å². The van der Waals surface area contributed by atoms with Crippen molar-refractivity contribution in [3.05, 3.63) is 205 Å². The minimum atomic E-state index is -3.22. The van der Waals surface area contributed by atoms with Gasteiger partial charge in [0.05, 0.1) is 18.8 Å². The number of esters is 1. The monoisotopic (exact) mass is 999 g/mol. The molecule has 6 aromatic rings. The smallest absolute Gasteiger partial charge is 0.330 e. The summed E-state index contributed by atoms with van der Waals surface area (Å²) in [5.41, 5.74) is 2.05. The molecular formula is C64H78O6Si2. The van der Waals surface area contributed by atoms with Crippen LogP contribution in [0.15, 0.2) is 194 Å². The van der Waals surface area contributed by atoms with Crippen molar-refractivity contribution >= 4 is 49.6 Å². The quantitative estimate of drug-likeness (QED) is 0.0310. The molecule has 6 nitrogen and oxygen atoms in total. The van der Waals surface area contributed by atoms with Crippen LogP contribution in [0.5, 0.6) is 0 Å². The zero-order chi connectivity index (χ0) is 51.4. The first-order chi connectivity index (χ1) is 34.5. The van der Waals surface area contributed by atoms with Gasteiger partial charge < -0.3 is 23.1 Å².